The van der Waals surface area contributed by atoms with Crippen molar-refractivity contribution in [2.45, 2.75) is 6.92 Å². The molecule has 5 heteroatoms. The van der Waals surface area contributed by atoms with Crippen LogP contribution in [0.25, 0.3) is 11.3 Å². The lowest BCUT2D eigenvalue weighted by Crippen LogP contribution is -2.07. The molecule has 0 unspecified atom stereocenters. The number of rotatable bonds is 3. The molecule has 0 N–H and O–H groups in total. The molecule has 96 valence electrons. The number of carbonyl (C=O) groups is 1. The van der Waals surface area contributed by atoms with Crippen molar-refractivity contribution in [2.24, 2.45) is 7.05 Å². The maximum atomic E-state index is 12.0. The van der Waals surface area contributed by atoms with Crippen molar-refractivity contribution in [1.82, 2.24) is 9.78 Å². The lowest BCUT2D eigenvalue weighted by molar-refractivity contribution is 0.0527. The molecule has 2 aromatic rings. The van der Waals surface area contributed by atoms with Crippen molar-refractivity contribution in [3.05, 3.63) is 41.6 Å². The molecule has 0 aliphatic heterocycles. The third-order valence-electron chi connectivity index (χ3n) is 2.68. The molecule has 2 rings (SSSR count). The molecule has 0 atom stereocenters. The SMILES string of the molecule is CCOC(=O)c1c(-c2ccccc2)nn(C)c1C#N. The topological polar surface area (TPSA) is 67.9 Å². The van der Waals surface area contributed by atoms with Crippen LogP contribution < -0.4 is 0 Å². The second kappa shape index (κ2) is 5.36. The minimum absolute atomic E-state index is 0.206. The molecule has 0 aliphatic carbocycles. The van der Waals surface area contributed by atoms with Crippen LogP contribution >= 0.6 is 0 Å². The molecule has 0 spiro atoms. The van der Waals surface area contributed by atoms with E-state index in [0.717, 1.165) is 5.56 Å². The summed E-state index contributed by atoms with van der Waals surface area (Å²) in [5.41, 5.74) is 1.68. The summed E-state index contributed by atoms with van der Waals surface area (Å²) < 4.78 is 6.40. The van der Waals surface area contributed by atoms with Gasteiger partial charge in [-0.25, -0.2) is 4.79 Å². The first-order valence-electron chi connectivity index (χ1n) is 5.88. The van der Waals surface area contributed by atoms with Gasteiger partial charge in [0.15, 0.2) is 5.69 Å². The molecule has 0 aliphatic rings. The highest BCUT2D eigenvalue weighted by molar-refractivity contribution is 5.98. The van der Waals surface area contributed by atoms with Gasteiger partial charge in [0.1, 0.15) is 17.3 Å². The highest BCUT2D eigenvalue weighted by Gasteiger charge is 2.24. The number of aryl methyl sites for hydroxylation is 1. The van der Waals surface area contributed by atoms with Crippen molar-refractivity contribution in [2.75, 3.05) is 6.61 Å². The zero-order chi connectivity index (χ0) is 13.8. The molecule has 0 bridgehead atoms. The van der Waals surface area contributed by atoms with E-state index in [4.69, 9.17) is 10.00 Å². The number of benzene rings is 1. The van der Waals surface area contributed by atoms with E-state index in [1.165, 1.54) is 4.68 Å². The van der Waals surface area contributed by atoms with Gasteiger partial charge in [0.05, 0.1) is 6.61 Å². The molecule has 0 amide bonds. The van der Waals surface area contributed by atoms with E-state index in [-0.39, 0.29) is 17.9 Å². The van der Waals surface area contributed by atoms with Crippen LogP contribution in [0.15, 0.2) is 30.3 Å². The van der Waals surface area contributed by atoms with Crippen LogP contribution in [0.2, 0.25) is 0 Å². The molecule has 19 heavy (non-hydrogen) atoms. The Hall–Kier alpha value is -2.61. The van der Waals surface area contributed by atoms with E-state index >= 15 is 0 Å². The fourth-order valence-electron chi connectivity index (χ4n) is 1.85. The Morgan fingerprint density at radius 2 is 2.11 bits per heavy atom. The van der Waals surface area contributed by atoms with Crippen LogP contribution in [0.4, 0.5) is 0 Å². The summed E-state index contributed by atoms with van der Waals surface area (Å²) in [6, 6.07) is 11.3. The summed E-state index contributed by atoms with van der Waals surface area (Å²) in [6.07, 6.45) is 0. The molecular weight excluding hydrogens is 242 g/mol. The van der Waals surface area contributed by atoms with Crippen LogP contribution in [-0.4, -0.2) is 22.4 Å². The predicted octanol–water partition coefficient (Wildman–Crippen LogP) is 2.14. The maximum Gasteiger partial charge on any atom is 0.343 e. The summed E-state index contributed by atoms with van der Waals surface area (Å²) in [7, 11) is 1.63. The molecule has 1 heterocycles. The van der Waals surface area contributed by atoms with Gasteiger partial charge in [0, 0.05) is 12.6 Å². The van der Waals surface area contributed by atoms with E-state index in [0.29, 0.717) is 5.69 Å². The highest BCUT2D eigenvalue weighted by atomic mass is 16.5. The number of esters is 1. The van der Waals surface area contributed by atoms with Crippen molar-refractivity contribution in [3.63, 3.8) is 0 Å². The van der Waals surface area contributed by atoms with E-state index in [1.807, 2.05) is 36.4 Å². The molecule has 1 aromatic heterocycles. The van der Waals surface area contributed by atoms with Crippen LogP contribution in [0, 0.1) is 11.3 Å². The largest absolute Gasteiger partial charge is 0.462 e. The summed E-state index contributed by atoms with van der Waals surface area (Å²) in [4.78, 5) is 12.0. The van der Waals surface area contributed by atoms with Gasteiger partial charge in [-0.3, -0.25) is 4.68 Å². The predicted molar refractivity (Wildman–Crippen MR) is 69.3 cm³/mol. The zero-order valence-corrected chi connectivity index (χ0v) is 10.8. The molecule has 5 nitrogen and oxygen atoms in total. The number of hydrogen-bond donors (Lipinski definition) is 0. The van der Waals surface area contributed by atoms with E-state index in [9.17, 15) is 4.79 Å². The van der Waals surface area contributed by atoms with Crippen molar-refractivity contribution in [1.29, 1.82) is 5.26 Å². The Labute approximate surface area is 111 Å². The Kier molecular flexibility index (Phi) is 3.62. The number of aromatic nitrogens is 2. The van der Waals surface area contributed by atoms with Crippen LogP contribution in [-0.2, 0) is 11.8 Å². The number of carbonyl (C=O) groups excluding carboxylic acids is 1. The lowest BCUT2D eigenvalue weighted by Gasteiger charge is -2.02. The normalized spacial score (nSPS) is 9.95. The zero-order valence-electron chi connectivity index (χ0n) is 10.8. The van der Waals surface area contributed by atoms with Gasteiger partial charge in [-0.2, -0.15) is 10.4 Å². The van der Waals surface area contributed by atoms with E-state index < -0.39 is 5.97 Å². The number of nitriles is 1. The van der Waals surface area contributed by atoms with E-state index in [2.05, 4.69) is 5.10 Å². The Morgan fingerprint density at radius 3 is 2.68 bits per heavy atom. The first-order valence-corrected chi connectivity index (χ1v) is 5.88. The van der Waals surface area contributed by atoms with Crippen molar-refractivity contribution < 1.29 is 9.53 Å². The van der Waals surface area contributed by atoms with Crippen molar-refractivity contribution in [3.8, 4) is 17.3 Å². The van der Waals surface area contributed by atoms with Gasteiger partial charge in [-0.15, -0.1) is 0 Å². The second-order valence-electron chi connectivity index (χ2n) is 3.89. The van der Waals surface area contributed by atoms with Crippen LogP contribution in [0.3, 0.4) is 0 Å². The van der Waals surface area contributed by atoms with Gasteiger partial charge in [0.2, 0.25) is 0 Å². The number of ether oxygens (including phenoxy) is 1. The van der Waals surface area contributed by atoms with Gasteiger partial charge in [0.25, 0.3) is 0 Å². The fraction of sp³-hybridized carbons (Fsp3) is 0.214. The van der Waals surface area contributed by atoms with Crippen LogP contribution in [0.1, 0.15) is 23.0 Å². The molecule has 0 fully saturated rings. The first kappa shape index (κ1) is 12.8. The average molecular weight is 255 g/mol. The minimum Gasteiger partial charge on any atom is -0.462 e. The quantitative estimate of drug-likeness (QED) is 0.788. The van der Waals surface area contributed by atoms with Gasteiger partial charge in [-0.1, -0.05) is 30.3 Å². The second-order valence-corrected chi connectivity index (χ2v) is 3.89. The first-order chi connectivity index (χ1) is 9.19. The third-order valence-corrected chi connectivity index (χ3v) is 2.68. The molecule has 0 radical (unpaired) electrons. The number of nitrogens with zero attached hydrogens (tertiary/aromatic N) is 3. The summed E-state index contributed by atoms with van der Waals surface area (Å²) in [5, 5.41) is 13.4. The molecule has 0 saturated carbocycles. The fourth-order valence-corrected chi connectivity index (χ4v) is 1.85. The molecular formula is C14H13N3O2. The highest BCUT2D eigenvalue weighted by Crippen LogP contribution is 2.25. The summed E-state index contributed by atoms with van der Waals surface area (Å²) >= 11 is 0. The standard InChI is InChI=1S/C14H13N3O2/c1-3-19-14(18)12-11(9-15)17(2)16-13(12)10-7-5-4-6-8-10/h4-8H,3H2,1-2H3. The minimum atomic E-state index is -0.522. The molecule has 0 saturated heterocycles. The number of hydrogen-bond acceptors (Lipinski definition) is 4. The summed E-state index contributed by atoms with van der Waals surface area (Å²) in [5.74, 6) is -0.522. The van der Waals surface area contributed by atoms with Gasteiger partial charge < -0.3 is 4.74 Å². The Bertz CT molecular complexity index is 639. The van der Waals surface area contributed by atoms with Gasteiger partial charge in [-0.05, 0) is 6.92 Å². The maximum absolute atomic E-state index is 12.0. The Balaban J connectivity index is 2.62. The monoisotopic (exact) mass is 255 g/mol. The Morgan fingerprint density at radius 1 is 1.42 bits per heavy atom. The summed E-state index contributed by atoms with van der Waals surface area (Å²) in [6.45, 7) is 1.98. The average Bonchev–Trinajstić information content (AvgIpc) is 2.77. The van der Waals surface area contributed by atoms with Gasteiger partial charge >= 0.3 is 5.97 Å². The molecule has 1 aromatic carbocycles. The lowest BCUT2D eigenvalue weighted by atomic mass is 10.1. The third kappa shape index (κ3) is 2.33. The van der Waals surface area contributed by atoms with E-state index in [1.54, 1.807) is 14.0 Å². The van der Waals surface area contributed by atoms with Crippen LogP contribution in [0.5, 0.6) is 0 Å². The van der Waals surface area contributed by atoms with Crippen molar-refractivity contribution >= 4 is 5.97 Å². The smallest absolute Gasteiger partial charge is 0.343 e.